The van der Waals surface area contributed by atoms with Gasteiger partial charge < -0.3 is 5.32 Å². The number of aromatic nitrogens is 2. The highest BCUT2D eigenvalue weighted by Gasteiger charge is 2.16. The van der Waals surface area contributed by atoms with Crippen molar-refractivity contribution in [3.8, 4) is 0 Å². The number of hydrogen-bond acceptors (Lipinski definition) is 4. The van der Waals surface area contributed by atoms with E-state index < -0.39 is 4.92 Å². The number of amides is 1. The summed E-state index contributed by atoms with van der Waals surface area (Å²) in [6.07, 6.45) is 3.49. The van der Waals surface area contributed by atoms with Gasteiger partial charge in [-0.25, -0.2) is 0 Å². The molecule has 0 saturated carbocycles. The number of carbonyl (C=O) groups excluding carboxylic acids is 1. The Hall–Kier alpha value is -1.93. The third-order valence-corrected chi connectivity index (χ3v) is 3.24. The lowest BCUT2D eigenvalue weighted by molar-refractivity contribution is -0.383. The van der Waals surface area contributed by atoms with Crippen LogP contribution >= 0.6 is 27.5 Å². The number of rotatable bonds is 5. The monoisotopic (exact) mass is 372 g/mol. The second kappa shape index (κ2) is 6.68. The summed E-state index contributed by atoms with van der Waals surface area (Å²) in [4.78, 5) is 22.2. The predicted molar refractivity (Wildman–Crippen MR) is 81.3 cm³/mol. The number of benzene rings is 1. The van der Waals surface area contributed by atoms with Crippen LogP contribution in [0.1, 0.15) is 6.42 Å². The molecule has 7 nitrogen and oxygen atoms in total. The molecule has 9 heteroatoms. The summed E-state index contributed by atoms with van der Waals surface area (Å²) >= 11 is 8.96. The molecule has 0 fully saturated rings. The van der Waals surface area contributed by atoms with Gasteiger partial charge >= 0.3 is 0 Å². The van der Waals surface area contributed by atoms with Crippen molar-refractivity contribution in [2.75, 3.05) is 5.32 Å². The third kappa shape index (κ3) is 4.27. The highest BCUT2D eigenvalue weighted by molar-refractivity contribution is 9.10. The molecule has 110 valence electrons. The van der Waals surface area contributed by atoms with Crippen LogP contribution in [0.25, 0.3) is 0 Å². The van der Waals surface area contributed by atoms with Gasteiger partial charge in [0.15, 0.2) is 0 Å². The van der Waals surface area contributed by atoms with Crippen molar-refractivity contribution in [3.63, 3.8) is 0 Å². The second-order valence-corrected chi connectivity index (χ2v) is 5.49. The van der Waals surface area contributed by atoms with E-state index in [1.54, 1.807) is 17.1 Å². The number of aryl methyl sites for hydroxylation is 1. The normalized spacial score (nSPS) is 10.4. The van der Waals surface area contributed by atoms with Crippen LogP contribution in [0.4, 0.5) is 11.4 Å². The fourth-order valence-corrected chi connectivity index (χ4v) is 2.15. The molecule has 0 bridgehead atoms. The number of anilines is 1. The molecule has 2 aromatic rings. The molecule has 1 amide bonds. The van der Waals surface area contributed by atoms with E-state index in [1.807, 2.05) is 0 Å². The van der Waals surface area contributed by atoms with Gasteiger partial charge in [0, 0.05) is 30.3 Å². The van der Waals surface area contributed by atoms with Crippen LogP contribution < -0.4 is 5.32 Å². The minimum Gasteiger partial charge on any atom is -0.320 e. The highest BCUT2D eigenvalue weighted by Crippen LogP contribution is 2.27. The maximum atomic E-state index is 11.8. The average Bonchev–Trinajstić information content (AvgIpc) is 2.84. The number of nitrogens with one attached hydrogen (secondary N) is 1. The topological polar surface area (TPSA) is 90.1 Å². The number of nitro benzene ring substituents is 1. The maximum absolute atomic E-state index is 11.8. The predicted octanol–water partition coefficient (Wildman–Crippen LogP) is 3.24. The van der Waals surface area contributed by atoms with Gasteiger partial charge in [0.25, 0.3) is 5.69 Å². The van der Waals surface area contributed by atoms with E-state index in [-0.39, 0.29) is 28.7 Å². The Morgan fingerprint density at radius 2 is 2.29 bits per heavy atom. The molecule has 0 saturated heterocycles. The van der Waals surface area contributed by atoms with E-state index in [0.29, 0.717) is 6.54 Å². The van der Waals surface area contributed by atoms with E-state index in [9.17, 15) is 14.9 Å². The fraction of sp³-hybridized carbons (Fsp3) is 0.167. The van der Waals surface area contributed by atoms with Gasteiger partial charge in [-0.3, -0.25) is 19.6 Å². The summed E-state index contributed by atoms with van der Waals surface area (Å²) in [6.45, 7) is 0.374. The van der Waals surface area contributed by atoms with E-state index in [4.69, 9.17) is 11.6 Å². The van der Waals surface area contributed by atoms with Crippen LogP contribution in [0, 0.1) is 10.1 Å². The molecule has 1 aromatic heterocycles. The smallest absolute Gasteiger partial charge is 0.294 e. The lowest BCUT2D eigenvalue weighted by Crippen LogP contribution is -2.15. The summed E-state index contributed by atoms with van der Waals surface area (Å²) in [5.74, 6) is -0.341. The molecule has 0 spiro atoms. The molecule has 2 rings (SSSR count). The van der Waals surface area contributed by atoms with Crippen molar-refractivity contribution in [1.29, 1.82) is 0 Å². The zero-order valence-electron chi connectivity index (χ0n) is 10.6. The SMILES string of the molecule is O=C(CCn1cc(Br)cn1)Nc1ccc(Cl)cc1[N+](=O)[O-]. The van der Waals surface area contributed by atoms with E-state index in [0.717, 1.165) is 4.47 Å². The van der Waals surface area contributed by atoms with Crippen LogP contribution in [-0.2, 0) is 11.3 Å². The van der Waals surface area contributed by atoms with Crippen LogP contribution in [0.5, 0.6) is 0 Å². The summed E-state index contributed by atoms with van der Waals surface area (Å²) in [7, 11) is 0. The number of nitrogens with zero attached hydrogens (tertiary/aromatic N) is 3. The van der Waals surface area contributed by atoms with Crippen LogP contribution in [0.15, 0.2) is 35.1 Å². The molecule has 0 atom stereocenters. The standard InChI is InChI=1S/C12H10BrClN4O3/c13-8-6-15-17(7-8)4-3-12(19)16-10-2-1-9(14)5-11(10)18(20)21/h1-2,5-7H,3-4H2,(H,16,19). The Kier molecular flexibility index (Phi) is 4.92. The molecule has 0 aliphatic rings. The third-order valence-electron chi connectivity index (χ3n) is 2.60. The minimum atomic E-state index is -0.591. The van der Waals surface area contributed by atoms with Crippen molar-refractivity contribution >= 4 is 44.8 Å². The second-order valence-electron chi connectivity index (χ2n) is 4.14. The molecule has 0 aliphatic carbocycles. The van der Waals surface area contributed by atoms with Gasteiger partial charge in [-0.2, -0.15) is 5.10 Å². The van der Waals surface area contributed by atoms with Gasteiger partial charge in [-0.15, -0.1) is 0 Å². The first-order valence-corrected chi connectivity index (χ1v) is 7.04. The van der Waals surface area contributed by atoms with E-state index in [1.165, 1.54) is 18.2 Å². The number of halogens is 2. The van der Waals surface area contributed by atoms with Crippen molar-refractivity contribution in [1.82, 2.24) is 9.78 Å². The highest BCUT2D eigenvalue weighted by atomic mass is 79.9. The van der Waals surface area contributed by atoms with Crippen LogP contribution in [0.2, 0.25) is 5.02 Å². The molecule has 1 N–H and O–H groups in total. The minimum absolute atomic E-state index is 0.121. The Labute approximate surface area is 133 Å². The Balaban J connectivity index is 2.01. The molecular weight excluding hydrogens is 364 g/mol. The first kappa shape index (κ1) is 15.5. The molecule has 0 aliphatic heterocycles. The molecule has 0 unspecified atom stereocenters. The van der Waals surface area contributed by atoms with Crippen molar-refractivity contribution < 1.29 is 9.72 Å². The number of hydrogen-bond donors (Lipinski definition) is 1. The van der Waals surface area contributed by atoms with Gasteiger partial charge in [-0.1, -0.05) is 11.6 Å². The first-order chi connectivity index (χ1) is 9.95. The molecule has 1 heterocycles. The van der Waals surface area contributed by atoms with Gasteiger partial charge in [0.2, 0.25) is 5.91 Å². The lowest BCUT2D eigenvalue weighted by Gasteiger charge is -2.06. The van der Waals surface area contributed by atoms with Crippen molar-refractivity contribution in [2.24, 2.45) is 0 Å². The molecule has 0 radical (unpaired) electrons. The number of carbonyl (C=O) groups is 1. The van der Waals surface area contributed by atoms with Gasteiger partial charge in [0.1, 0.15) is 5.69 Å². The average molecular weight is 374 g/mol. The van der Waals surface area contributed by atoms with E-state index >= 15 is 0 Å². The van der Waals surface area contributed by atoms with Crippen molar-refractivity contribution in [2.45, 2.75) is 13.0 Å². The van der Waals surface area contributed by atoms with Gasteiger partial charge in [-0.05, 0) is 28.1 Å². The Bertz CT molecular complexity index is 689. The fourth-order valence-electron chi connectivity index (χ4n) is 1.65. The van der Waals surface area contributed by atoms with Crippen LogP contribution in [-0.4, -0.2) is 20.6 Å². The van der Waals surface area contributed by atoms with Crippen molar-refractivity contribution in [3.05, 3.63) is 50.2 Å². The molecule has 1 aromatic carbocycles. The molecular formula is C12H10BrClN4O3. The maximum Gasteiger partial charge on any atom is 0.294 e. The zero-order chi connectivity index (χ0) is 15.4. The van der Waals surface area contributed by atoms with Crippen LogP contribution in [0.3, 0.4) is 0 Å². The first-order valence-electron chi connectivity index (χ1n) is 5.87. The Morgan fingerprint density at radius 1 is 1.52 bits per heavy atom. The number of nitro groups is 1. The largest absolute Gasteiger partial charge is 0.320 e. The Morgan fingerprint density at radius 3 is 2.90 bits per heavy atom. The lowest BCUT2D eigenvalue weighted by atomic mass is 10.2. The van der Waals surface area contributed by atoms with Gasteiger partial charge in [0.05, 0.1) is 15.6 Å². The van der Waals surface area contributed by atoms with E-state index in [2.05, 4.69) is 26.3 Å². The summed E-state index contributed by atoms with van der Waals surface area (Å²) in [5, 5.41) is 17.7. The molecule has 21 heavy (non-hydrogen) atoms. The summed E-state index contributed by atoms with van der Waals surface area (Å²) in [5.41, 5.74) is -0.117. The summed E-state index contributed by atoms with van der Waals surface area (Å²) < 4.78 is 2.41. The zero-order valence-corrected chi connectivity index (χ0v) is 13.0. The quantitative estimate of drug-likeness (QED) is 0.643. The summed E-state index contributed by atoms with van der Waals surface area (Å²) in [6, 6.07) is 4.08.